The number of unbranched alkanes of at least 4 members (excludes halogenated alkanes) is 1. The van der Waals surface area contributed by atoms with Gasteiger partial charge in [0.05, 0.1) is 0 Å². The quantitative estimate of drug-likeness (QED) is 0.715. The summed E-state index contributed by atoms with van der Waals surface area (Å²) in [4.78, 5) is 16.9. The van der Waals surface area contributed by atoms with Gasteiger partial charge >= 0.3 is 0 Å². The zero-order chi connectivity index (χ0) is 17.4. The largest absolute Gasteiger partial charge is 0.343 e. The van der Waals surface area contributed by atoms with Crippen molar-refractivity contribution in [2.24, 2.45) is 11.7 Å². The van der Waals surface area contributed by atoms with E-state index in [1.165, 1.54) is 19.4 Å². The van der Waals surface area contributed by atoms with Crippen LogP contribution in [-0.2, 0) is 4.79 Å². The Hall–Kier alpha value is -0.810. The number of nitrogens with zero attached hydrogens (tertiary/aromatic N) is 2. The maximum absolute atomic E-state index is 12.5. The van der Waals surface area contributed by atoms with Gasteiger partial charge in [-0.3, -0.25) is 4.79 Å². The molecule has 1 fully saturated rings. The van der Waals surface area contributed by atoms with Crippen LogP contribution in [0, 0.1) is 5.92 Å². The summed E-state index contributed by atoms with van der Waals surface area (Å²) < 4.78 is 0. The Labute approximate surface area is 171 Å². The second kappa shape index (κ2) is 13.4. The monoisotopic (exact) mass is 403 g/mol. The number of likely N-dealkylation sites (tertiary alicyclic amines) is 1. The average Bonchev–Trinajstić information content (AvgIpc) is 2.61. The van der Waals surface area contributed by atoms with E-state index >= 15 is 0 Å². The molecule has 1 aromatic rings. The number of amides is 1. The van der Waals surface area contributed by atoms with Gasteiger partial charge in [-0.1, -0.05) is 43.7 Å². The zero-order valence-corrected chi connectivity index (χ0v) is 17.7. The number of carbonyl (C=O) groups excluding carboxylic acids is 1. The zero-order valence-electron chi connectivity index (χ0n) is 16.1. The number of rotatable bonds is 8. The molecule has 0 bridgehead atoms. The molecule has 1 unspecified atom stereocenters. The maximum atomic E-state index is 12.5. The van der Waals surface area contributed by atoms with E-state index in [-0.39, 0.29) is 36.8 Å². The van der Waals surface area contributed by atoms with Crippen molar-refractivity contribution in [1.29, 1.82) is 0 Å². The summed E-state index contributed by atoms with van der Waals surface area (Å²) in [5.41, 5.74) is 7.23. The minimum absolute atomic E-state index is 0. The molecule has 2 N–H and O–H groups in total. The van der Waals surface area contributed by atoms with Gasteiger partial charge in [0.2, 0.25) is 5.91 Å². The SMILES string of the molecule is CCCCN(C)CC1CCN(C(=O)CC(N)c2ccccc2)CC1.Cl.Cl. The van der Waals surface area contributed by atoms with E-state index in [0.717, 1.165) is 44.0 Å². The minimum Gasteiger partial charge on any atom is -0.343 e. The van der Waals surface area contributed by atoms with Gasteiger partial charge in [0.1, 0.15) is 0 Å². The molecule has 4 nitrogen and oxygen atoms in total. The lowest BCUT2D eigenvalue weighted by molar-refractivity contribution is -0.133. The van der Waals surface area contributed by atoms with Gasteiger partial charge in [-0.05, 0) is 44.3 Å². The van der Waals surface area contributed by atoms with E-state index in [4.69, 9.17) is 5.73 Å². The van der Waals surface area contributed by atoms with Crippen LogP contribution >= 0.6 is 24.8 Å². The standard InChI is InChI=1S/C20H33N3O.2ClH/c1-3-4-12-22(2)16-17-10-13-23(14-11-17)20(24)15-19(21)18-8-6-5-7-9-18;;/h5-9,17,19H,3-4,10-16,21H2,1-2H3;2*1H. The molecule has 0 saturated carbocycles. The van der Waals surface area contributed by atoms with Crippen molar-refractivity contribution in [2.75, 3.05) is 33.2 Å². The number of hydrogen-bond acceptors (Lipinski definition) is 3. The van der Waals surface area contributed by atoms with Gasteiger partial charge in [-0.25, -0.2) is 0 Å². The van der Waals surface area contributed by atoms with Crippen LogP contribution in [0.2, 0.25) is 0 Å². The van der Waals surface area contributed by atoms with Crippen LogP contribution in [0.4, 0.5) is 0 Å². The topological polar surface area (TPSA) is 49.6 Å². The number of nitrogens with two attached hydrogens (primary N) is 1. The normalized spacial score (nSPS) is 15.9. The highest BCUT2D eigenvalue weighted by molar-refractivity contribution is 5.85. The Morgan fingerprint density at radius 3 is 2.42 bits per heavy atom. The molecule has 0 aromatic heterocycles. The van der Waals surface area contributed by atoms with E-state index in [0.29, 0.717) is 6.42 Å². The van der Waals surface area contributed by atoms with Crippen LogP contribution in [0.1, 0.15) is 50.6 Å². The highest BCUT2D eigenvalue weighted by atomic mass is 35.5. The van der Waals surface area contributed by atoms with Crippen LogP contribution in [0.3, 0.4) is 0 Å². The van der Waals surface area contributed by atoms with Gasteiger partial charge in [0.25, 0.3) is 0 Å². The molecule has 2 rings (SSSR count). The molecular weight excluding hydrogens is 369 g/mol. The molecular formula is C20H35Cl2N3O. The molecule has 1 saturated heterocycles. The van der Waals surface area contributed by atoms with Crippen molar-refractivity contribution in [3.8, 4) is 0 Å². The summed E-state index contributed by atoms with van der Waals surface area (Å²) in [6, 6.07) is 9.71. The molecule has 26 heavy (non-hydrogen) atoms. The molecule has 150 valence electrons. The van der Waals surface area contributed by atoms with Crippen molar-refractivity contribution >= 4 is 30.7 Å². The Balaban J connectivity index is 0.00000312. The number of benzene rings is 1. The van der Waals surface area contributed by atoms with Gasteiger partial charge in [-0.15, -0.1) is 24.8 Å². The first kappa shape index (κ1) is 25.2. The second-order valence-corrected chi connectivity index (χ2v) is 7.16. The lowest BCUT2D eigenvalue weighted by Gasteiger charge is -2.34. The molecule has 0 aliphatic carbocycles. The smallest absolute Gasteiger partial charge is 0.224 e. The van der Waals surface area contributed by atoms with Crippen LogP contribution in [0.15, 0.2) is 30.3 Å². The third-order valence-electron chi connectivity index (χ3n) is 5.05. The van der Waals surface area contributed by atoms with Gasteiger partial charge in [0, 0.05) is 32.1 Å². The molecule has 1 aliphatic heterocycles. The fourth-order valence-corrected chi connectivity index (χ4v) is 3.46. The second-order valence-electron chi connectivity index (χ2n) is 7.16. The van der Waals surface area contributed by atoms with Gasteiger partial charge in [0.15, 0.2) is 0 Å². The Bertz CT molecular complexity index is 493. The number of halogens is 2. The van der Waals surface area contributed by atoms with E-state index in [9.17, 15) is 4.79 Å². The molecule has 0 spiro atoms. The Morgan fingerprint density at radius 2 is 1.85 bits per heavy atom. The first-order valence-corrected chi connectivity index (χ1v) is 9.37. The van der Waals surface area contributed by atoms with Crippen LogP contribution in [0.5, 0.6) is 0 Å². The molecule has 1 aliphatic rings. The predicted octanol–water partition coefficient (Wildman–Crippen LogP) is 3.89. The Morgan fingerprint density at radius 1 is 1.23 bits per heavy atom. The van der Waals surface area contributed by atoms with Crippen LogP contribution in [-0.4, -0.2) is 48.9 Å². The molecule has 6 heteroatoms. The van der Waals surface area contributed by atoms with Crippen LogP contribution < -0.4 is 5.73 Å². The maximum Gasteiger partial charge on any atom is 0.224 e. The summed E-state index contributed by atoms with van der Waals surface area (Å²) in [5.74, 6) is 0.919. The van der Waals surface area contributed by atoms with Crippen molar-refractivity contribution in [2.45, 2.75) is 45.1 Å². The first-order chi connectivity index (χ1) is 11.6. The molecule has 0 radical (unpaired) electrons. The predicted molar refractivity (Wildman–Crippen MR) is 114 cm³/mol. The van der Waals surface area contributed by atoms with E-state index in [1.54, 1.807) is 0 Å². The number of piperidine rings is 1. The van der Waals surface area contributed by atoms with Crippen LogP contribution in [0.25, 0.3) is 0 Å². The molecule has 1 atom stereocenters. The summed E-state index contributed by atoms with van der Waals surface area (Å²) in [5, 5.41) is 0. The van der Waals surface area contributed by atoms with Crippen molar-refractivity contribution in [3.63, 3.8) is 0 Å². The lowest BCUT2D eigenvalue weighted by Crippen LogP contribution is -2.42. The van der Waals surface area contributed by atoms with Gasteiger partial charge in [-0.2, -0.15) is 0 Å². The van der Waals surface area contributed by atoms with Crippen molar-refractivity contribution < 1.29 is 4.79 Å². The summed E-state index contributed by atoms with van der Waals surface area (Å²) in [6.07, 6.45) is 5.15. The van der Waals surface area contributed by atoms with E-state index in [2.05, 4.69) is 18.9 Å². The minimum atomic E-state index is -0.198. The van der Waals surface area contributed by atoms with E-state index < -0.39 is 0 Å². The average molecular weight is 404 g/mol. The highest BCUT2D eigenvalue weighted by Gasteiger charge is 2.24. The van der Waals surface area contributed by atoms with Gasteiger partial charge < -0.3 is 15.5 Å². The van der Waals surface area contributed by atoms with Crippen molar-refractivity contribution in [3.05, 3.63) is 35.9 Å². The third-order valence-corrected chi connectivity index (χ3v) is 5.05. The number of hydrogen-bond donors (Lipinski definition) is 1. The summed E-state index contributed by atoms with van der Waals surface area (Å²) in [6.45, 7) is 6.34. The molecule has 1 amide bonds. The first-order valence-electron chi connectivity index (χ1n) is 9.37. The summed E-state index contributed by atoms with van der Waals surface area (Å²) >= 11 is 0. The summed E-state index contributed by atoms with van der Waals surface area (Å²) in [7, 11) is 2.21. The van der Waals surface area contributed by atoms with Crippen molar-refractivity contribution in [1.82, 2.24) is 9.80 Å². The van der Waals surface area contributed by atoms with E-state index in [1.807, 2.05) is 35.2 Å². The lowest BCUT2D eigenvalue weighted by atomic mass is 9.95. The molecule has 1 aromatic carbocycles. The fourth-order valence-electron chi connectivity index (χ4n) is 3.46. The molecule has 1 heterocycles. The fraction of sp³-hybridized carbons (Fsp3) is 0.650. The Kier molecular flexibility index (Phi) is 13.0. The number of carbonyl (C=O) groups is 1. The highest BCUT2D eigenvalue weighted by Crippen LogP contribution is 2.21. The third kappa shape index (κ3) is 8.26.